The van der Waals surface area contributed by atoms with Crippen molar-refractivity contribution < 1.29 is 9.13 Å². The second-order valence-electron chi connectivity index (χ2n) is 5.45. The number of hydrogen-bond acceptors (Lipinski definition) is 3. The molecular weight excluding hydrogens is 267 g/mol. The molecule has 1 heterocycles. The molecule has 106 valence electrons. The van der Waals surface area contributed by atoms with Crippen LogP contribution in [0.1, 0.15) is 25.5 Å². The summed E-state index contributed by atoms with van der Waals surface area (Å²) in [7, 11) is 0. The highest BCUT2D eigenvalue weighted by Crippen LogP contribution is 2.34. The summed E-state index contributed by atoms with van der Waals surface area (Å²) in [5.41, 5.74) is 6.19. The minimum Gasteiger partial charge on any atom is -0.378 e. The fourth-order valence-electron chi connectivity index (χ4n) is 2.68. The molecule has 0 aromatic heterocycles. The number of rotatable bonds is 3. The van der Waals surface area contributed by atoms with Gasteiger partial charge in [0.25, 0.3) is 0 Å². The quantitative estimate of drug-likeness (QED) is 0.928. The Kier molecular flexibility index (Phi) is 4.46. The van der Waals surface area contributed by atoms with Crippen LogP contribution in [0, 0.1) is 5.82 Å². The Hall–Kier alpha value is -0.680. The van der Waals surface area contributed by atoms with Gasteiger partial charge in [0.15, 0.2) is 0 Å². The molecule has 2 rings (SSSR count). The van der Waals surface area contributed by atoms with Crippen LogP contribution in [0.3, 0.4) is 0 Å². The molecule has 1 aliphatic rings. The normalized spacial score (nSPS) is 21.3. The summed E-state index contributed by atoms with van der Waals surface area (Å²) >= 11 is 6.16. The second-order valence-corrected chi connectivity index (χ2v) is 5.85. The van der Waals surface area contributed by atoms with Crippen molar-refractivity contribution in [2.24, 2.45) is 5.73 Å². The van der Waals surface area contributed by atoms with Gasteiger partial charge in [-0.2, -0.15) is 0 Å². The van der Waals surface area contributed by atoms with Crippen LogP contribution in [0.15, 0.2) is 18.2 Å². The molecule has 0 aliphatic carbocycles. The molecule has 1 fully saturated rings. The fourth-order valence-corrected chi connectivity index (χ4v) is 2.97. The van der Waals surface area contributed by atoms with Crippen LogP contribution in [-0.2, 0) is 4.74 Å². The third-order valence-corrected chi connectivity index (χ3v) is 3.97. The first-order valence-corrected chi connectivity index (χ1v) is 6.83. The molecular formula is C14H20ClFN2O. The smallest absolute Gasteiger partial charge is 0.129 e. The van der Waals surface area contributed by atoms with Gasteiger partial charge in [-0.1, -0.05) is 17.7 Å². The monoisotopic (exact) mass is 286 g/mol. The highest BCUT2D eigenvalue weighted by molar-refractivity contribution is 6.31. The lowest BCUT2D eigenvalue weighted by molar-refractivity contribution is -0.0717. The third-order valence-electron chi connectivity index (χ3n) is 3.64. The molecule has 19 heavy (non-hydrogen) atoms. The molecule has 1 atom stereocenters. The summed E-state index contributed by atoms with van der Waals surface area (Å²) < 4.78 is 19.6. The van der Waals surface area contributed by atoms with Crippen molar-refractivity contribution in [1.82, 2.24) is 4.90 Å². The molecule has 0 saturated carbocycles. The van der Waals surface area contributed by atoms with Gasteiger partial charge in [-0.05, 0) is 26.0 Å². The Balaban J connectivity index is 2.39. The first kappa shape index (κ1) is 14.7. The molecule has 1 aromatic carbocycles. The van der Waals surface area contributed by atoms with Crippen LogP contribution in [0.25, 0.3) is 0 Å². The number of hydrogen-bond donors (Lipinski definition) is 1. The SMILES string of the molecule is CC1(C)COCCN1C(CN)c1c(F)cccc1Cl. The number of nitrogens with zero attached hydrogens (tertiary/aromatic N) is 1. The van der Waals surface area contributed by atoms with Gasteiger partial charge in [0, 0.05) is 29.2 Å². The maximum absolute atomic E-state index is 14.1. The average Bonchev–Trinajstić information content (AvgIpc) is 2.34. The lowest BCUT2D eigenvalue weighted by Crippen LogP contribution is -2.55. The number of nitrogens with two attached hydrogens (primary N) is 1. The Bertz CT molecular complexity index is 433. The molecule has 1 unspecified atom stereocenters. The van der Waals surface area contributed by atoms with Crippen molar-refractivity contribution in [2.75, 3.05) is 26.3 Å². The van der Waals surface area contributed by atoms with Crippen LogP contribution in [0.5, 0.6) is 0 Å². The Morgan fingerprint density at radius 1 is 1.53 bits per heavy atom. The largest absolute Gasteiger partial charge is 0.378 e. The lowest BCUT2D eigenvalue weighted by atomic mass is 9.95. The third kappa shape index (κ3) is 2.92. The molecule has 0 amide bonds. The number of ether oxygens (including phenoxy) is 1. The molecule has 5 heteroatoms. The van der Waals surface area contributed by atoms with Crippen LogP contribution < -0.4 is 5.73 Å². The highest BCUT2D eigenvalue weighted by Gasteiger charge is 2.37. The molecule has 1 saturated heterocycles. The minimum atomic E-state index is -0.301. The van der Waals surface area contributed by atoms with Gasteiger partial charge >= 0.3 is 0 Å². The zero-order chi connectivity index (χ0) is 14.0. The maximum atomic E-state index is 14.1. The van der Waals surface area contributed by atoms with E-state index < -0.39 is 0 Å². The molecule has 0 bridgehead atoms. The van der Waals surface area contributed by atoms with E-state index >= 15 is 0 Å². The van der Waals surface area contributed by atoms with E-state index in [1.807, 2.05) is 0 Å². The zero-order valence-electron chi connectivity index (χ0n) is 11.3. The molecule has 0 spiro atoms. The number of halogens is 2. The maximum Gasteiger partial charge on any atom is 0.129 e. The molecule has 0 radical (unpaired) electrons. The van der Waals surface area contributed by atoms with Gasteiger partial charge in [-0.15, -0.1) is 0 Å². The van der Waals surface area contributed by atoms with Crippen molar-refractivity contribution in [1.29, 1.82) is 0 Å². The van der Waals surface area contributed by atoms with Crippen LogP contribution in [0.4, 0.5) is 4.39 Å². The molecule has 1 aliphatic heterocycles. The van der Waals surface area contributed by atoms with Gasteiger partial charge in [0.2, 0.25) is 0 Å². The zero-order valence-corrected chi connectivity index (χ0v) is 12.1. The van der Waals surface area contributed by atoms with E-state index in [1.54, 1.807) is 12.1 Å². The van der Waals surface area contributed by atoms with Gasteiger partial charge in [0.05, 0.1) is 19.3 Å². The van der Waals surface area contributed by atoms with E-state index in [9.17, 15) is 4.39 Å². The summed E-state index contributed by atoms with van der Waals surface area (Å²) in [5.74, 6) is -0.301. The summed E-state index contributed by atoms with van der Waals surface area (Å²) in [6.45, 7) is 6.43. The van der Waals surface area contributed by atoms with Gasteiger partial charge < -0.3 is 10.5 Å². The van der Waals surface area contributed by atoms with Crippen molar-refractivity contribution in [3.63, 3.8) is 0 Å². The number of morpholine rings is 1. The Labute approximate surface area is 118 Å². The molecule has 2 N–H and O–H groups in total. The lowest BCUT2D eigenvalue weighted by Gasteiger charge is -2.46. The predicted octanol–water partition coefficient (Wildman–Crippen LogP) is 2.59. The Morgan fingerprint density at radius 2 is 2.26 bits per heavy atom. The van der Waals surface area contributed by atoms with Crippen LogP contribution in [0.2, 0.25) is 5.02 Å². The van der Waals surface area contributed by atoms with Crippen molar-refractivity contribution in [3.05, 3.63) is 34.6 Å². The first-order valence-electron chi connectivity index (χ1n) is 6.46. The highest BCUT2D eigenvalue weighted by atomic mass is 35.5. The summed E-state index contributed by atoms with van der Waals surface area (Å²) in [5, 5.41) is 0.428. The molecule has 3 nitrogen and oxygen atoms in total. The fraction of sp³-hybridized carbons (Fsp3) is 0.571. The standard InChI is InChI=1S/C14H20ClFN2O/c1-14(2)9-19-7-6-18(14)12(8-17)13-10(15)4-3-5-11(13)16/h3-5,12H,6-9,17H2,1-2H3. The first-order chi connectivity index (χ1) is 8.97. The van der Waals surface area contributed by atoms with Gasteiger partial charge in [0.1, 0.15) is 5.82 Å². The van der Waals surface area contributed by atoms with E-state index in [-0.39, 0.29) is 17.4 Å². The molecule has 1 aromatic rings. The van der Waals surface area contributed by atoms with E-state index in [1.165, 1.54) is 6.07 Å². The van der Waals surface area contributed by atoms with Crippen LogP contribution >= 0.6 is 11.6 Å². The average molecular weight is 287 g/mol. The van der Waals surface area contributed by atoms with Crippen LogP contribution in [-0.4, -0.2) is 36.7 Å². The van der Waals surface area contributed by atoms with E-state index in [0.29, 0.717) is 30.3 Å². The number of benzene rings is 1. The second kappa shape index (κ2) is 5.75. The Morgan fingerprint density at radius 3 is 2.84 bits per heavy atom. The summed E-state index contributed by atoms with van der Waals surface area (Å²) in [6, 6.07) is 4.51. The van der Waals surface area contributed by atoms with Crippen molar-refractivity contribution >= 4 is 11.6 Å². The van der Waals surface area contributed by atoms with E-state index in [4.69, 9.17) is 22.1 Å². The van der Waals surface area contributed by atoms with Crippen molar-refractivity contribution in [2.45, 2.75) is 25.4 Å². The predicted molar refractivity (Wildman–Crippen MR) is 74.8 cm³/mol. The van der Waals surface area contributed by atoms with E-state index in [0.717, 1.165) is 6.54 Å². The van der Waals surface area contributed by atoms with Gasteiger partial charge in [-0.25, -0.2) is 4.39 Å². The van der Waals surface area contributed by atoms with E-state index in [2.05, 4.69) is 18.7 Å². The van der Waals surface area contributed by atoms with Crippen molar-refractivity contribution in [3.8, 4) is 0 Å². The summed E-state index contributed by atoms with van der Waals surface area (Å²) in [4.78, 5) is 2.18. The minimum absolute atomic E-state index is 0.187. The summed E-state index contributed by atoms with van der Waals surface area (Å²) in [6.07, 6.45) is 0. The topological polar surface area (TPSA) is 38.5 Å². The van der Waals surface area contributed by atoms with Gasteiger partial charge in [-0.3, -0.25) is 4.90 Å².